The van der Waals surface area contributed by atoms with Crippen molar-refractivity contribution in [3.8, 4) is 0 Å². The first kappa shape index (κ1) is 20.2. The monoisotopic (exact) mass is 411 g/mol. The van der Waals surface area contributed by atoms with E-state index in [0.717, 1.165) is 18.8 Å². The molecule has 0 unspecified atom stereocenters. The Bertz CT molecular complexity index is 1140. The third-order valence-corrected chi connectivity index (χ3v) is 5.90. The minimum Gasteiger partial charge on any atom is -0.463 e. The van der Waals surface area contributed by atoms with Gasteiger partial charge in [-0.1, -0.05) is 0 Å². The summed E-state index contributed by atoms with van der Waals surface area (Å²) in [7, 11) is 0. The van der Waals surface area contributed by atoms with Gasteiger partial charge in [0.25, 0.3) is 5.91 Å². The fraction of sp³-hybridized carbons (Fsp3) is 0.409. The average molecular weight is 411 g/mol. The van der Waals surface area contributed by atoms with E-state index in [4.69, 9.17) is 4.42 Å². The highest BCUT2D eigenvalue weighted by molar-refractivity contribution is 5.97. The van der Waals surface area contributed by atoms with E-state index in [1.54, 1.807) is 31.4 Å². The number of aryl methyl sites for hydroxylation is 1. The zero-order valence-electron chi connectivity index (χ0n) is 17.1. The van der Waals surface area contributed by atoms with Gasteiger partial charge < -0.3 is 24.2 Å². The van der Waals surface area contributed by atoms with E-state index in [-0.39, 0.29) is 11.9 Å². The molecule has 0 radical (unpaired) electrons. The van der Waals surface area contributed by atoms with E-state index < -0.39 is 11.1 Å². The van der Waals surface area contributed by atoms with Crippen LogP contribution in [-0.4, -0.2) is 35.1 Å². The van der Waals surface area contributed by atoms with E-state index in [1.165, 1.54) is 28.7 Å². The number of nitrogens with one attached hydrogen (secondary N) is 3. The molecular weight excluding hydrogens is 384 g/mol. The van der Waals surface area contributed by atoms with Gasteiger partial charge in [-0.2, -0.15) is 0 Å². The van der Waals surface area contributed by atoms with E-state index >= 15 is 0 Å². The number of carbonyl (C=O) groups is 1. The Labute approximate surface area is 173 Å². The van der Waals surface area contributed by atoms with Crippen molar-refractivity contribution in [2.24, 2.45) is 0 Å². The Morgan fingerprint density at radius 1 is 1.23 bits per heavy atom. The van der Waals surface area contributed by atoms with E-state index in [2.05, 4.69) is 10.3 Å². The number of likely N-dealkylation sites (tertiary alicyclic amines) is 1. The SMILES string of the molecule is CCn1c(=O)c(=O)[nH]c2cc(C(=O)NC[C@H](c3ccco3)[NH+]3CCCCC3)ccc21. The second-order valence-corrected chi connectivity index (χ2v) is 7.73. The van der Waals surface area contributed by atoms with Gasteiger partial charge in [0, 0.05) is 12.1 Å². The molecule has 8 nitrogen and oxygen atoms in total. The highest BCUT2D eigenvalue weighted by Crippen LogP contribution is 2.14. The van der Waals surface area contributed by atoms with Crippen molar-refractivity contribution in [3.63, 3.8) is 0 Å². The summed E-state index contributed by atoms with van der Waals surface area (Å²) in [6, 6.07) is 8.90. The van der Waals surface area contributed by atoms with Crippen LogP contribution in [0.25, 0.3) is 11.0 Å². The topological polar surface area (TPSA) is 102 Å². The maximum absolute atomic E-state index is 12.8. The zero-order chi connectivity index (χ0) is 21.1. The van der Waals surface area contributed by atoms with Gasteiger partial charge in [-0.3, -0.25) is 14.4 Å². The highest BCUT2D eigenvalue weighted by atomic mass is 16.3. The lowest BCUT2D eigenvalue weighted by Gasteiger charge is -2.30. The Kier molecular flexibility index (Phi) is 5.85. The standard InChI is InChI=1S/C22H26N4O4/c1-2-26-17-9-8-15(13-16(17)24-21(28)22(26)29)20(27)23-14-18(19-7-6-12-30-19)25-10-4-3-5-11-25/h6-9,12-13,18H,2-5,10-11,14H2,1H3,(H,23,27)(H,24,28)/p+1/t18-/m1/s1. The van der Waals surface area contributed by atoms with Crippen molar-refractivity contribution in [2.75, 3.05) is 19.6 Å². The van der Waals surface area contributed by atoms with Gasteiger partial charge in [0.2, 0.25) is 0 Å². The number of amides is 1. The molecular formula is C22H27N4O4+. The summed E-state index contributed by atoms with van der Waals surface area (Å²) in [5.74, 6) is 0.655. The number of nitrogens with zero attached hydrogens (tertiary/aromatic N) is 1. The maximum Gasteiger partial charge on any atom is 0.316 e. The lowest BCUT2D eigenvalue weighted by Crippen LogP contribution is -3.13. The Balaban J connectivity index is 1.55. The molecule has 0 spiro atoms. The van der Waals surface area contributed by atoms with Crippen molar-refractivity contribution in [1.82, 2.24) is 14.9 Å². The second kappa shape index (κ2) is 8.71. The molecule has 1 aliphatic heterocycles. The van der Waals surface area contributed by atoms with Crippen molar-refractivity contribution in [1.29, 1.82) is 0 Å². The summed E-state index contributed by atoms with van der Waals surface area (Å²) in [6.07, 6.45) is 5.27. The lowest BCUT2D eigenvalue weighted by molar-refractivity contribution is -0.936. The molecule has 3 aromatic rings. The number of fused-ring (bicyclic) bond motifs is 1. The molecule has 1 amide bonds. The number of piperidine rings is 1. The van der Waals surface area contributed by atoms with Crippen molar-refractivity contribution >= 4 is 16.9 Å². The van der Waals surface area contributed by atoms with Crippen molar-refractivity contribution in [2.45, 2.75) is 38.8 Å². The number of aromatic amines is 1. The molecule has 1 aliphatic rings. The molecule has 3 heterocycles. The third kappa shape index (κ3) is 3.95. The fourth-order valence-corrected chi connectivity index (χ4v) is 4.32. The highest BCUT2D eigenvalue weighted by Gasteiger charge is 2.28. The molecule has 2 aromatic heterocycles. The number of furan rings is 1. The molecule has 158 valence electrons. The number of H-pyrrole nitrogens is 1. The summed E-state index contributed by atoms with van der Waals surface area (Å²) in [4.78, 5) is 40.8. The van der Waals surface area contributed by atoms with E-state index in [0.29, 0.717) is 29.7 Å². The van der Waals surface area contributed by atoms with Crippen LogP contribution in [0.3, 0.4) is 0 Å². The summed E-state index contributed by atoms with van der Waals surface area (Å²) >= 11 is 0. The molecule has 0 saturated carbocycles. The summed E-state index contributed by atoms with van der Waals surface area (Å²) < 4.78 is 7.06. The van der Waals surface area contributed by atoms with E-state index in [1.807, 2.05) is 12.1 Å². The summed E-state index contributed by atoms with van der Waals surface area (Å²) in [5, 5.41) is 3.02. The molecule has 8 heteroatoms. The van der Waals surface area contributed by atoms with Gasteiger partial charge in [0.15, 0.2) is 11.8 Å². The summed E-state index contributed by atoms with van der Waals surface area (Å²) in [5.41, 5.74) is 0.232. The third-order valence-electron chi connectivity index (χ3n) is 5.90. The van der Waals surface area contributed by atoms with E-state index in [9.17, 15) is 14.4 Å². The van der Waals surface area contributed by atoms with Crippen LogP contribution < -0.4 is 21.3 Å². The molecule has 30 heavy (non-hydrogen) atoms. The first-order chi connectivity index (χ1) is 14.6. The molecule has 1 aromatic carbocycles. The van der Waals surface area contributed by atoms with Crippen LogP contribution in [0.5, 0.6) is 0 Å². The molecule has 1 fully saturated rings. The van der Waals surface area contributed by atoms with Gasteiger partial charge in [0.1, 0.15) is 0 Å². The average Bonchev–Trinajstić information content (AvgIpc) is 3.30. The van der Waals surface area contributed by atoms with Gasteiger partial charge in [-0.15, -0.1) is 0 Å². The molecule has 1 atom stereocenters. The first-order valence-corrected chi connectivity index (χ1v) is 10.5. The largest absolute Gasteiger partial charge is 0.463 e. The van der Waals surface area contributed by atoms with Gasteiger partial charge in [-0.25, -0.2) is 0 Å². The van der Waals surface area contributed by atoms with Gasteiger partial charge in [0.05, 0.1) is 36.9 Å². The van der Waals surface area contributed by atoms with Crippen LogP contribution in [0.1, 0.15) is 48.3 Å². The van der Waals surface area contributed by atoms with Crippen LogP contribution >= 0.6 is 0 Å². The number of carbonyl (C=O) groups excluding carboxylic acids is 1. The molecule has 0 aliphatic carbocycles. The molecule has 4 rings (SSSR count). The zero-order valence-corrected chi connectivity index (χ0v) is 17.1. The normalized spacial score (nSPS) is 15.9. The molecule has 0 bridgehead atoms. The molecule has 1 saturated heterocycles. The minimum absolute atomic E-state index is 0.0646. The number of quaternary nitrogens is 1. The number of benzene rings is 1. The summed E-state index contributed by atoms with van der Waals surface area (Å²) in [6.45, 7) is 4.78. The lowest BCUT2D eigenvalue weighted by atomic mass is 10.1. The van der Waals surface area contributed by atoms with Crippen LogP contribution in [0, 0.1) is 0 Å². The Hall–Kier alpha value is -3.13. The van der Waals surface area contributed by atoms with Crippen molar-refractivity contribution < 1.29 is 14.1 Å². The Morgan fingerprint density at radius 3 is 2.73 bits per heavy atom. The molecule has 3 N–H and O–H groups in total. The quantitative estimate of drug-likeness (QED) is 0.523. The van der Waals surface area contributed by atoms with Crippen molar-refractivity contribution in [3.05, 3.63) is 68.6 Å². The number of hydrogen-bond donors (Lipinski definition) is 3. The second-order valence-electron chi connectivity index (χ2n) is 7.73. The smallest absolute Gasteiger partial charge is 0.316 e. The Morgan fingerprint density at radius 2 is 2.03 bits per heavy atom. The minimum atomic E-state index is -0.687. The predicted molar refractivity (Wildman–Crippen MR) is 113 cm³/mol. The maximum atomic E-state index is 12.8. The van der Waals surface area contributed by atoms with Crippen LogP contribution in [0.2, 0.25) is 0 Å². The van der Waals surface area contributed by atoms with Crippen LogP contribution in [0.15, 0.2) is 50.6 Å². The number of rotatable bonds is 6. The van der Waals surface area contributed by atoms with Gasteiger partial charge >= 0.3 is 11.1 Å². The van der Waals surface area contributed by atoms with Crippen LogP contribution in [0.4, 0.5) is 0 Å². The number of hydrogen-bond acceptors (Lipinski definition) is 4. The fourth-order valence-electron chi connectivity index (χ4n) is 4.32. The predicted octanol–water partition coefficient (Wildman–Crippen LogP) is 0.843. The van der Waals surface area contributed by atoms with Gasteiger partial charge in [-0.05, 0) is 56.5 Å². The first-order valence-electron chi connectivity index (χ1n) is 10.5. The van der Waals surface area contributed by atoms with Crippen LogP contribution in [-0.2, 0) is 6.54 Å². The number of aromatic nitrogens is 2.